The summed E-state index contributed by atoms with van der Waals surface area (Å²) in [5.74, 6) is -0.879. The first-order valence-corrected chi connectivity index (χ1v) is 8.05. The number of benzene rings is 2. The van der Waals surface area contributed by atoms with Gasteiger partial charge in [-0.15, -0.1) is 0 Å². The van der Waals surface area contributed by atoms with Gasteiger partial charge in [-0.3, -0.25) is 9.69 Å². The molecule has 0 aliphatic carbocycles. The van der Waals surface area contributed by atoms with E-state index in [9.17, 15) is 9.18 Å². The van der Waals surface area contributed by atoms with Gasteiger partial charge in [-0.2, -0.15) is 0 Å². The van der Waals surface area contributed by atoms with Gasteiger partial charge in [0.15, 0.2) is 0 Å². The summed E-state index contributed by atoms with van der Waals surface area (Å²) in [4.78, 5) is 14.4. The van der Waals surface area contributed by atoms with E-state index in [1.165, 1.54) is 43.6 Å². The van der Waals surface area contributed by atoms with Crippen LogP contribution in [0.5, 0.6) is 0 Å². The molecule has 0 radical (unpaired) electrons. The molecule has 0 bridgehead atoms. The number of halogens is 1. The second kappa shape index (κ2) is 7.38. The molecule has 0 spiro atoms. The van der Waals surface area contributed by atoms with Gasteiger partial charge in [-0.1, -0.05) is 36.4 Å². The Labute approximate surface area is 136 Å². The number of likely N-dealkylation sites (tertiary alicyclic amines) is 1. The maximum Gasteiger partial charge on any atom is 0.254 e. The topological polar surface area (TPSA) is 32.3 Å². The zero-order valence-corrected chi connectivity index (χ0v) is 13.1. The minimum atomic E-state index is -0.494. The van der Waals surface area contributed by atoms with Crippen molar-refractivity contribution in [3.05, 3.63) is 71.0 Å². The third-order valence-corrected chi connectivity index (χ3v) is 4.20. The number of hydrogen-bond donors (Lipinski definition) is 1. The van der Waals surface area contributed by atoms with Crippen molar-refractivity contribution in [2.24, 2.45) is 0 Å². The molecule has 0 aromatic heterocycles. The Hall–Kier alpha value is -2.20. The number of nitrogens with one attached hydrogen (secondary N) is 1. The summed E-state index contributed by atoms with van der Waals surface area (Å²) in [6.45, 7) is 3.75. The average Bonchev–Trinajstić information content (AvgIpc) is 3.07. The number of nitrogens with zero attached hydrogens (tertiary/aromatic N) is 1. The standard InChI is InChI=1S/C19H21FN2O/c20-18-6-2-1-5-17(18)19(23)21-13-15-7-9-16(10-8-15)14-22-11-3-4-12-22/h1-2,5-10H,3-4,11-14H2,(H,21,23). The van der Waals surface area contributed by atoms with E-state index >= 15 is 0 Å². The predicted molar refractivity (Wildman–Crippen MR) is 88.5 cm³/mol. The third kappa shape index (κ3) is 4.17. The summed E-state index contributed by atoms with van der Waals surface area (Å²) in [6, 6.07) is 14.3. The van der Waals surface area contributed by atoms with Crippen LogP contribution in [-0.2, 0) is 13.1 Å². The van der Waals surface area contributed by atoms with E-state index in [2.05, 4.69) is 22.3 Å². The van der Waals surface area contributed by atoms with Crippen LogP contribution in [0.3, 0.4) is 0 Å². The highest BCUT2D eigenvalue weighted by atomic mass is 19.1. The molecule has 1 fully saturated rings. The van der Waals surface area contributed by atoms with Gasteiger partial charge in [0.1, 0.15) is 5.82 Å². The molecular weight excluding hydrogens is 291 g/mol. The van der Waals surface area contributed by atoms with Crippen LogP contribution in [0.15, 0.2) is 48.5 Å². The van der Waals surface area contributed by atoms with Crippen LogP contribution in [0.4, 0.5) is 4.39 Å². The maximum absolute atomic E-state index is 13.5. The van der Waals surface area contributed by atoms with E-state index in [1.54, 1.807) is 12.1 Å². The fourth-order valence-corrected chi connectivity index (χ4v) is 2.88. The molecule has 4 heteroatoms. The van der Waals surface area contributed by atoms with Gasteiger partial charge in [0, 0.05) is 13.1 Å². The highest BCUT2D eigenvalue weighted by Crippen LogP contribution is 2.13. The van der Waals surface area contributed by atoms with Gasteiger partial charge in [0.05, 0.1) is 5.56 Å². The smallest absolute Gasteiger partial charge is 0.254 e. The molecule has 1 N–H and O–H groups in total. The molecule has 3 nitrogen and oxygen atoms in total. The van der Waals surface area contributed by atoms with Gasteiger partial charge >= 0.3 is 0 Å². The van der Waals surface area contributed by atoms with Crippen LogP contribution >= 0.6 is 0 Å². The lowest BCUT2D eigenvalue weighted by molar-refractivity contribution is 0.0947. The molecular formula is C19H21FN2O. The quantitative estimate of drug-likeness (QED) is 0.918. The van der Waals surface area contributed by atoms with Crippen LogP contribution in [0.25, 0.3) is 0 Å². The van der Waals surface area contributed by atoms with Crippen molar-refractivity contribution in [1.82, 2.24) is 10.2 Å². The van der Waals surface area contributed by atoms with Gasteiger partial charge in [0.25, 0.3) is 5.91 Å². The molecule has 1 heterocycles. The van der Waals surface area contributed by atoms with Gasteiger partial charge in [0.2, 0.25) is 0 Å². The van der Waals surface area contributed by atoms with E-state index in [0.717, 1.165) is 12.1 Å². The SMILES string of the molecule is O=C(NCc1ccc(CN2CCCC2)cc1)c1ccccc1F. The number of carbonyl (C=O) groups excluding carboxylic acids is 1. The second-order valence-corrected chi connectivity index (χ2v) is 5.96. The van der Waals surface area contributed by atoms with Crippen molar-refractivity contribution in [3.63, 3.8) is 0 Å². The zero-order chi connectivity index (χ0) is 16.1. The molecule has 0 unspecified atom stereocenters. The monoisotopic (exact) mass is 312 g/mol. The fourth-order valence-electron chi connectivity index (χ4n) is 2.88. The van der Waals surface area contributed by atoms with Crippen molar-refractivity contribution in [1.29, 1.82) is 0 Å². The first-order chi connectivity index (χ1) is 11.2. The Morgan fingerprint density at radius 3 is 2.35 bits per heavy atom. The Morgan fingerprint density at radius 1 is 1.00 bits per heavy atom. The number of hydrogen-bond acceptors (Lipinski definition) is 2. The van der Waals surface area contributed by atoms with Crippen molar-refractivity contribution < 1.29 is 9.18 Å². The summed E-state index contributed by atoms with van der Waals surface area (Å²) in [6.07, 6.45) is 2.58. The lowest BCUT2D eigenvalue weighted by Crippen LogP contribution is -2.23. The molecule has 0 atom stereocenters. The molecule has 3 rings (SSSR count). The Balaban J connectivity index is 1.54. The van der Waals surface area contributed by atoms with Crippen molar-refractivity contribution >= 4 is 5.91 Å². The summed E-state index contributed by atoms with van der Waals surface area (Å²) in [5.41, 5.74) is 2.38. The lowest BCUT2D eigenvalue weighted by Gasteiger charge is -2.14. The van der Waals surface area contributed by atoms with E-state index in [1.807, 2.05) is 12.1 Å². The largest absolute Gasteiger partial charge is 0.348 e. The molecule has 2 aromatic carbocycles. The van der Waals surface area contributed by atoms with Crippen LogP contribution < -0.4 is 5.32 Å². The second-order valence-electron chi connectivity index (χ2n) is 5.96. The fraction of sp³-hybridized carbons (Fsp3) is 0.316. The highest BCUT2D eigenvalue weighted by molar-refractivity contribution is 5.94. The first kappa shape index (κ1) is 15.7. The lowest BCUT2D eigenvalue weighted by atomic mass is 10.1. The minimum absolute atomic E-state index is 0.0816. The Kier molecular flexibility index (Phi) is 5.03. The van der Waals surface area contributed by atoms with Crippen LogP contribution in [0, 0.1) is 5.82 Å². The predicted octanol–water partition coefficient (Wildman–Crippen LogP) is 3.35. The molecule has 0 saturated carbocycles. The molecule has 1 aliphatic heterocycles. The van der Waals surface area contributed by atoms with Crippen molar-refractivity contribution in [2.75, 3.05) is 13.1 Å². The summed E-state index contributed by atoms with van der Waals surface area (Å²) in [7, 11) is 0. The minimum Gasteiger partial charge on any atom is -0.348 e. The van der Waals surface area contributed by atoms with E-state index in [4.69, 9.17) is 0 Å². The van der Waals surface area contributed by atoms with Gasteiger partial charge in [-0.25, -0.2) is 4.39 Å². The molecule has 1 saturated heterocycles. The summed E-state index contributed by atoms with van der Waals surface area (Å²) >= 11 is 0. The molecule has 1 aliphatic rings. The van der Waals surface area contributed by atoms with E-state index in [0.29, 0.717) is 6.54 Å². The molecule has 2 aromatic rings. The first-order valence-electron chi connectivity index (χ1n) is 8.05. The summed E-state index contributed by atoms with van der Waals surface area (Å²) < 4.78 is 13.5. The van der Waals surface area contributed by atoms with E-state index < -0.39 is 5.82 Å². The normalized spacial score (nSPS) is 14.8. The van der Waals surface area contributed by atoms with Crippen LogP contribution in [0.2, 0.25) is 0 Å². The Morgan fingerprint density at radius 2 is 1.65 bits per heavy atom. The zero-order valence-electron chi connectivity index (χ0n) is 13.1. The number of rotatable bonds is 5. The summed E-state index contributed by atoms with van der Waals surface area (Å²) in [5, 5.41) is 2.76. The molecule has 120 valence electrons. The van der Waals surface area contributed by atoms with Crippen molar-refractivity contribution in [3.8, 4) is 0 Å². The third-order valence-electron chi connectivity index (χ3n) is 4.20. The van der Waals surface area contributed by atoms with Crippen LogP contribution in [0.1, 0.15) is 34.3 Å². The maximum atomic E-state index is 13.5. The highest BCUT2D eigenvalue weighted by Gasteiger charge is 2.12. The Bertz CT molecular complexity index is 663. The van der Waals surface area contributed by atoms with Gasteiger partial charge in [-0.05, 0) is 49.2 Å². The molecule has 1 amide bonds. The van der Waals surface area contributed by atoms with Crippen molar-refractivity contribution in [2.45, 2.75) is 25.9 Å². The van der Waals surface area contributed by atoms with E-state index in [-0.39, 0.29) is 11.5 Å². The van der Waals surface area contributed by atoms with Gasteiger partial charge < -0.3 is 5.32 Å². The number of amides is 1. The van der Waals surface area contributed by atoms with Crippen LogP contribution in [-0.4, -0.2) is 23.9 Å². The molecule has 23 heavy (non-hydrogen) atoms. The number of carbonyl (C=O) groups is 1. The average molecular weight is 312 g/mol.